The van der Waals surface area contributed by atoms with Crippen molar-refractivity contribution in [3.8, 4) is 47.3 Å². The Morgan fingerprint density at radius 1 is 1.00 bits per heavy atom. The molecule has 0 atom stereocenters. The van der Waals surface area contributed by atoms with E-state index in [1.807, 2.05) is 63.3 Å². The van der Waals surface area contributed by atoms with Crippen molar-refractivity contribution in [3.63, 3.8) is 0 Å². The molecule has 0 saturated carbocycles. The number of aromatic nitrogens is 1. The van der Waals surface area contributed by atoms with Gasteiger partial charge in [0.2, 0.25) is 0 Å². The number of allylic oxidation sites excluding steroid dienone is 1. The van der Waals surface area contributed by atoms with E-state index in [4.69, 9.17) is 15.9 Å². The van der Waals surface area contributed by atoms with Gasteiger partial charge in [-0.2, -0.15) is 0 Å². The number of hydrogen-bond acceptors (Lipinski definition) is 4. The highest BCUT2D eigenvalue weighted by Gasteiger charge is 2.28. The number of ether oxygens (including phenoxy) is 2. The van der Waals surface area contributed by atoms with Crippen molar-refractivity contribution in [2.75, 3.05) is 18.6 Å². The largest absolute Gasteiger partial charge is 0.465 e. The molecular formula is C31H26N2O4. The van der Waals surface area contributed by atoms with Crippen LogP contribution in [0.2, 0.25) is 0 Å². The molecule has 37 heavy (non-hydrogen) atoms. The molecule has 6 nitrogen and oxygen atoms in total. The van der Waals surface area contributed by atoms with Crippen molar-refractivity contribution >= 4 is 28.7 Å². The molecule has 0 spiro atoms. The summed E-state index contributed by atoms with van der Waals surface area (Å²) in [5.74, 6) is 13.0. The van der Waals surface area contributed by atoms with Crippen LogP contribution in [0.25, 0.3) is 22.2 Å². The van der Waals surface area contributed by atoms with Crippen molar-refractivity contribution in [2.45, 2.75) is 32.9 Å². The predicted molar refractivity (Wildman–Crippen MR) is 145 cm³/mol. The molecule has 0 unspecified atom stereocenters. The Labute approximate surface area is 216 Å². The molecule has 2 heterocycles. The van der Waals surface area contributed by atoms with Crippen molar-refractivity contribution in [3.05, 3.63) is 65.7 Å². The maximum atomic E-state index is 13.3. The third kappa shape index (κ3) is 5.22. The second kappa shape index (κ2) is 10.4. The van der Waals surface area contributed by atoms with Gasteiger partial charge in [0.25, 0.3) is 0 Å². The van der Waals surface area contributed by atoms with E-state index in [0.717, 1.165) is 22.2 Å². The zero-order valence-electron chi connectivity index (χ0n) is 21.2. The molecule has 0 saturated heterocycles. The minimum Gasteiger partial charge on any atom is -0.465 e. The van der Waals surface area contributed by atoms with Crippen LogP contribution in [-0.2, 0) is 16.0 Å². The van der Waals surface area contributed by atoms with Gasteiger partial charge < -0.3 is 14.0 Å². The van der Waals surface area contributed by atoms with Gasteiger partial charge in [-0.1, -0.05) is 36.4 Å². The maximum absolute atomic E-state index is 13.3. The number of terminal acetylenes is 1. The van der Waals surface area contributed by atoms with Crippen molar-refractivity contribution in [1.82, 2.24) is 4.57 Å². The summed E-state index contributed by atoms with van der Waals surface area (Å²) in [5, 5.41) is 0.838. The van der Waals surface area contributed by atoms with E-state index in [9.17, 15) is 9.59 Å². The van der Waals surface area contributed by atoms with Crippen LogP contribution in [0.4, 0.5) is 10.5 Å². The average Bonchev–Trinajstić information content (AvgIpc) is 3.20. The van der Waals surface area contributed by atoms with Crippen LogP contribution in [0.3, 0.4) is 0 Å². The SMILES string of the molecule is C#CC#CC#Cc1c2n(c3cc(C(=O)OC)ccc13)C/C=C/CN(C(=O)OC(C)(C)C)c1ccccc1-2. The van der Waals surface area contributed by atoms with E-state index in [1.54, 1.807) is 17.0 Å². The van der Waals surface area contributed by atoms with Gasteiger partial charge in [-0.25, -0.2) is 9.59 Å². The van der Waals surface area contributed by atoms with E-state index in [-0.39, 0.29) is 0 Å². The lowest BCUT2D eigenvalue weighted by molar-refractivity contribution is 0.0580. The molecule has 2 aromatic carbocycles. The number of benzene rings is 2. The normalized spacial score (nSPS) is 13.1. The fourth-order valence-electron chi connectivity index (χ4n) is 4.21. The quantitative estimate of drug-likeness (QED) is 0.261. The highest BCUT2D eigenvalue weighted by atomic mass is 16.6. The first kappa shape index (κ1) is 25.2. The lowest BCUT2D eigenvalue weighted by Gasteiger charge is -2.28. The summed E-state index contributed by atoms with van der Waals surface area (Å²) in [6.07, 6.45) is 8.71. The second-order valence-corrected chi connectivity index (χ2v) is 9.28. The number of amides is 1. The molecule has 1 amide bonds. The summed E-state index contributed by atoms with van der Waals surface area (Å²) in [5.41, 5.74) is 3.55. The smallest absolute Gasteiger partial charge is 0.415 e. The molecule has 0 bridgehead atoms. The van der Waals surface area contributed by atoms with Gasteiger partial charge in [-0.3, -0.25) is 4.90 Å². The lowest BCUT2D eigenvalue weighted by Crippen LogP contribution is -2.37. The molecule has 0 aliphatic carbocycles. The fourth-order valence-corrected chi connectivity index (χ4v) is 4.21. The molecule has 184 valence electrons. The maximum Gasteiger partial charge on any atom is 0.415 e. The summed E-state index contributed by atoms with van der Waals surface area (Å²) in [6, 6.07) is 13.0. The van der Waals surface area contributed by atoms with E-state index in [2.05, 4.69) is 34.2 Å². The van der Waals surface area contributed by atoms with Gasteiger partial charge in [0.1, 0.15) is 5.60 Å². The van der Waals surface area contributed by atoms with Crippen LogP contribution in [0, 0.1) is 36.0 Å². The van der Waals surface area contributed by atoms with Crippen molar-refractivity contribution in [1.29, 1.82) is 0 Å². The molecule has 3 aromatic rings. The number of para-hydroxylation sites is 1. The summed E-state index contributed by atoms with van der Waals surface area (Å²) in [4.78, 5) is 27.2. The number of hydrogen-bond donors (Lipinski definition) is 0. The second-order valence-electron chi connectivity index (χ2n) is 9.28. The van der Waals surface area contributed by atoms with Gasteiger partial charge >= 0.3 is 12.1 Å². The standard InChI is InChI=1S/C31H26N2O4/c1-6-7-8-9-14-24-23-18-17-22(29(34)36-5)21-27(23)32-19-12-13-20-33(30(35)37-31(2,3)4)26-16-11-10-15-25(26)28(24)32/h1,10-13,15-18,21H,19-20H2,2-5H3/b13-12+. The number of carbonyl (C=O) groups is 2. The number of anilines is 1. The zero-order chi connectivity index (χ0) is 26.6. The molecule has 1 aromatic heterocycles. The van der Waals surface area contributed by atoms with Gasteiger partial charge in [-0.05, 0) is 68.6 Å². The highest BCUT2D eigenvalue weighted by Crippen LogP contribution is 2.40. The van der Waals surface area contributed by atoms with Gasteiger partial charge in [-0.15, -0.1) is 6.42 Å². The lowest BCUT2D eigenvalue weighted by atomic mass is 10.0. The average molecular weight is 491 g/mol. The van der Waals surface area contributed by atoms with Crippen LogP contribution in [0.1, 0.15) is 36.7 Å². The fraction of sp³-hybridized carbons (Fsp3) is 0.226. The Morgan fingerprint density at radius 3 is 2.49 bits per heavy atom. The minimum atomic E-state index is -0.653. The Hall–Kier alpha value is -4.86. The van der Waals surface area contributed by atoms with Crippen LogP contribution in [-0.4, -0.2) is 35.9 Å². The Kier molecular flexibility index (Phi) is 7.10. The first-order valence-electron chi connectivity index (χ1n) is 11.7. The van der Waals surface area contributed by atoms with Crippen LogP contribution < -0.4 is 4.90 Å². The summed E-state index contributed by atoms with van der Waals surface area (Å²) in [6.45, 7) is 6.33. The summed E-state index contributed by atoms with van der Waals surface area (Å²) < 4.78 is 12.7. The monoisotopic (exact) mass is 490 g/mol. The molecule has 6 heteroatoms. The molecule has 1 aliphatic rings. The molecule has 4 rings (SSSR count). The zero-order valence-corrected chi connectivity index (χ0v) is 21.2. The number of nitrogens with zero attached hydrogens (tertiary/aromatic N) is 2. The summed E-state index contributed by atoms with van der Waals surface area (Å²) >= 11 is 0. The molecule has 0 fully saturated rings. The number of esters is 1. The van der Waals surface area contributed by atoms with E-state index >= 15 is 0 Å². The van der Waals surface area contributed by atoms with Gasteiger partial charge in [0.15, 0.2) is 0 Å². The Morgan fingerprint density at radius 2 is 1.76 bits per heavy atom. The molecular weight excluding hydrogens is 464 g/mol. The molecule has 0 radical (unpaired) electrons. The van der Waals surface area contributed by atoms with E-state index in [1.165, 1.54) is 7.11 Å². The Balaban J connectivity index is 2.05. The van der Waals surface area contributed by atoms with Crippen molar-refractivity contribution in [2.24, 2.45) is 0 Å². The van der Waals surface area contributed by atoms with Crippen LogP contribution >= 0.6 is 0 Å². The first-order valence-corrected chi connectivity index (χ1v) is 11.7. The number of fused-ring (bicyclic) bond motifs is 5. The van der Waals surface area contributed by atoms with Gasteiger partial charge in [0.05, 0.1) is 35.1 Å². The van der Waals surface area contributed by atoms with Crippen LogP contribution in [0.5, 0.6) is 0 Å². The van der Waals surface area contributed by atoms with Crippen molar-refractivity contribution < 1.29 is 19.1 Å². The van der Waals surface area contributed by atoms with Gasteiger partial charge in [0, 0.05) is 24.0 Å². The minimum absolute atomic E-state index is 0.330. The first-order chi connectivity index (χ1) is 17.7. The third-order valence-electron chi connectivity index (χ3n) is 5.68. The number of carbonyl (C=O) groups excluding carboxylic acids is 2. The topological polar surface area (TPSA) is 60.8 Å². The van der Waals surface area contributed by atoms with E-state index < -0.39 is 17.7 Å². The van der Waals surface area contributed by atoms with E-state index in [0.29, 0.717) is 29.9 Å². The molecule has 1 aliphatic heterocycles. The predicted octanol–water partition coefficient (Wildman–Crippen LogP) is 5.39. The van der Waals surface area contributed by atoms with Crippen LogP contribution in [0.15, 0.2) is 54.6 Å². The molecule has 0 N–H and O–H groups in total. The highest BCUT2D eigenvalue weighted by molar-refractivity contribution is 6.03. The number of rotatable bonds is 1. The summed E-state index contributed by atoms with van der Waals surface area (Å²) in [7, 11) is 1.35. The number of methoxy groups -OCH3 is 1. The third-order valence-corrected chi connectivity index (χ3v) is 5.68. The Bertz CT molecular complexity index is 1590.